The van der Waals surface area contributed by atoms with Gasteiger partial charge in [-0.2, -0.15) is 0 Å². The molecule has 0 aromatic heterocycles. The monoisotopic (exact) mass is 548 g/mol. The van der Waals surface area contributed by atoms with E-state index in [1.54, 1.807) is 31.3 Å². The Morgan fingerprint density at radius 2 is 1.42 bits per heavy atom. The lowest BCUT2D eigenvalue weighted by Crippen LogP contribution is -2.36. The van der Waals surface area contributed by atoms with Crippen molar-refractivity contribution in [2.45, 2.75) is 36.0 Å². The second-order valence-electron chi connectivity index (χ2n) is 10.2. The van der Waals surface area contributed by atoms with Gasteiger partial charge in [-0.15, -0.1) is 12.4 Å². The molecule has 6 heteroatoms. The number of hydrogen-bond donors (Lipinski definition) is 0. The Balaban J connectivity index is 0.00000336. The summed E-state index contributed by atoms with van der Waals surface area (Å²) in [5.41, 5.74) is 2.65. The lowest BCUT2D eigenvalue weighted by molar-refractivity contribution is 0.203. The number of halogens is 1. The summed E-state index contributed by atoms with van der Waals surface area (Å²) in [6.07, 6.45) is 3.27. The minimum Gasteiger partial charge on any atom is -0.303 e. The molecule has 200 valence electrons. The highest BCUT2D eigenvalue weighted by atomic mass is 35.5. The summed E-state index contributed by atoms with van der Waals surface area (Å²) in [5, 5.41) is 2.40. The maximum Gasteiger partial charge on any atom is 0.242 e. The second-order valence-corrected chi connectivity index (χ2v) is 12.3. The van der Waals surface area contributed by atoms with Crippen molar-refractivity contribution in [2.75, 3.05) is 33.2 Å². The van der Waals surface area contributed by atoms with Crippen LogP contribution in [0.4, 0.5) is 0 Å². The Morgan fingerprint density at radius 1 is 0.816 bits per heavy atom. The molecule has 0 amide bonds. The van der Waals surface area contributed by atoms with Crippen LogP contribution in [0.15, 0.2) is 108 Å². The molecule has 0 bridgehead atoms. The molecule has 0 aliphatic carbocycles. The van der Waals surface area contributed by atoms with Crippen LogP contribution in [-0.4, -0.2) is 50.8 Å². The zero-order valence-electron chi connectivity index (χ0n) is 21.9. The summed E-state index contributed by atoms with van der Waals surface area (Å²) in [6.45, 7) is 3.60. The molecular weight excluding hydrogens is 512 g/mol. The molecule has 1 fully saturated rings. The van der Waals surface area contributed by atoms with E-state index in [0.717, 1.165) is 26.1 Å². The van der Waals surface area contributed by atoms with Crippen LogP contribution in [0.5, 0.6) is 0 Å². The van der Waals surface area contributed by atoms with E-state index in [0.29, 0.717) is 17.4 Å². The molecule has 1 saturated heterocycles. The van der Waals surface area contributed by atoms with Crippen LogP contribution in [0.25, 0.3) is 10.8 Å². The van der Waals surface area contributed by atoms with E-state index in [9.17, 15) is 8.42 Å². The van der Waals surface area contributed by atoms with Crippen LogP contribution < -0.4 is 0 Å². The summed E-state index contributed by atoms with van der Waals surface area (Å²) >= 11 is 0. The predicted octanol–water partition coefficient (Wildman–Crippen LogP) is 6.94. The van der Waals surface area contributed by atoms with Gasteiger partial charge in [0.15, 0.2) is 0 Å². The van der Waals surface area contributed by atoms with Crippen molar-refractivity contribution in [3.8, 4) is 0 Å². The molecule has 5 rings (SSSR count). The highest BCUT2D eigenvalue weighted by molar-refractivity contribution is 7.89. The quantitative estimate of drug-likeness (QED) is 0.227. The third-order valence-corrected chi connectivity index (χ3v) is 9.66. The number of hydrogen-bond acceptors (Lipinski definition) is 3. The lowest BCUT2D eigenvalue weighted by atomic mass is 9.89. The number of piperidine rings is 1. The predicted molar refractivity (Wildman–Crippen MR) is 160 cm³/mol. The molecular formula is C32H37ClN2O2S. The Bertz CT molecular complexity index is 1410. The van der Waals surface area contributed by atoms with Gasteiger partial charge in [-0.3, -0.25) is 0 Å². The standard InChI is InChI=1S/C32H36N2O2S.ClH/c1-33(37(35,36)32-14-6-3-7-15-32)25-31(30-17-16-27-12-8-9-13-29(27)24-30)20-23-34-21-18-28(19-22-34)26-10-4-2-5-11-26;/h2-17,24,28,31H,18-23,25H2,1H3;1H/t31-;/m0./s1. The molecule has 4 aromatic carbocycles. The summed E-state index contributed by atoms with van der Waals surface area (Å²) in [5.74, 6) is 0.746. The van der Waals surface area contributed by atoms with E-state index in [1.807, 2.05) is 6.07 Å². The number of nitrogens with zero attached hydrogens (tertiary/aromatic N) is 2. The van der Waals surface area contributed by atoms with Crippen molar-refractivity contribution < 1.29 is 8.42 Å². The first-order chi connectivity index (χ1) is 18.0. The van der Waals surface area contributed by atoms with Gasteiger partial charge in [-0.05, 0) is 84.8 Å². The van der Waals surface area contributed by atoms with Crippen LogP contribution in [-0.2, 0) is 10.0 Å². The van der Waals surface area contributed by atoms with Gasteiger partial charge < -0.3 is 4.90 Å². The second kappa shape index (κ2) is 12.9. The molecule has 1 aliphatic rings. The summed E-state index contributed by atoms with van der Waals surface area (Å²) in [6, 6.07) is 34.6. The number of rotatable bonds is 9. The Morgan fingerprint density at radius 3 is 2.11 bits per heavy atom. The largest absolute Gasteiger partial charge is 0.303 e. The van der Waals surface area contributed by atoms with E-state index in [4.69, 9.17) is 0 Å². The van der Waals surface area contributed by atoms with Gasteiger partial charge in [0, 0.05) is 13.6 Å². The summed E-state index contributed by atoms with van der Waals surface area (Å²) < 4.78 is 28.1. The zero-order valence-corrected chi connectivity index (χ0v) is 23.6. The van der Waals surface area contributed by atoms with Gasteiger partial charge in [0.1, 0.15) is 0 Å². The Labute approximate surface area is 233 Å². The van der Waals surface area contributed by atoms with Crippen molar-refractivity contribution in [2.24, 2.45) is 0 Å². The fraction of sp³-hybridized carbons (Fsp3) is 0.312. The number of likely N-dealkylation sites (tertiary alicyclic amines) is 1. The first-order valence-corrected chi connectivity index (χ1v) is 14.7. The van der Waals surface area contributed by atoms with Gasteiger partial charge >= 0.3 is 0 Å². The molecule has 0 saturated carbocycles. The summed E-state index contributed by atoms with van der Waals surface area (Å²) in [4.78, 5) is 2.90. The fourth-order valence-electron chi connectivity index (χ4n) is 5.56. The van der Waals surface area contributed by atoms with Gasteiger partial charge in [-0.1, -0.05) is 91.0 Å². The van der Waals surface area contributed by atoms with Crippen molar-refractivity contribution in [3.05, 3.63) is 114 Å². The van der Waals surface area contributed by atoms with Crippen molar-refractivity contribution >= 4 is 33.2 Å². The minimum absolute atomic E-state index is 0. The third-order valence-electron chi connectivity index (χ3n) is 7.83. The van der Waals surface area contributed by atoms with Crippen molar-refractivity contribution in [1.82, 2.24) is 9.21 Å². The van der Waals surface area contributed by atoms with Gasteiger partial charge in [0.05, 0.1) is 4.90 Å². The summed E-state index contributed by atoms with van der Waals surface area (Å²) in [7, 11) is -1.84. The maximum absolute atomic E-state index is 13.3. The van der Waals surface area contributed by atoms with Crippen molar-refractivity contribution in [1.29, 1.82) is 0 Å². The number of fused-ring (bicyclic) bond motifs is 1. The van der Waals surface area contributed by atoms with Gasteiger partial charge in [0.2, 0.25) is 10.0 Å². The maximum atomic E-state index is 13.3. The highest BCUT2D eigenvalue weighted by Gasteiger charge is 2.26. The molecule has 0 spiro atoms. The molecule has 0 radical (unpaired) electrons. The molecule has 0 N–H and O–H groups in total. The van der Waals surface area contributed by atoms with E-state index in [2.05, 4.69) is 77.7 Å². The minimum atomic E-state index is -3.55. The van der Waals surface area contributed by atoms with Crippen LogP contribution in [0, 0.1) is 0 Å². The Kier molecular flexibility index (Phi) is 9.61. The van der Waals surface area contributed by atoms with Crippen LogP contribution in [0.1, 0.15) is 42.2 Å². The van der Waals surface area contributed by atoms with Crippen LogP contribution >= 0.6 is 12.4 Å². The number of benzene rings is 4. The molecule has 1 heterocycles. The van der Waals surface area contributed by atoms with E-state index in [1.165, 1.54) is 39.0 Å². The van der Waals surface area contributed by atoms with E-state index >= 15 is 0 Å². The number of sulfonamides is 1. The smallest absolute Gasteiger partial charge is 0.242 e. The lowest BCUT2D eigenvalue weighted by Gasteiger charge is -2.33. The molecule has 4 nitrogen and oxygen atoms in total. The van der Waals surface area contributed by atoms with Crippen LogP contribution in [0.3, 0.4) is 0 Å². The molecule has 0 unspecified atom stereocenters. The zero-order chi connectivity index (χ0) is 25.7. The highest BCUT2D eigenvalue weighted by Crippen LogP contribution is 2.30. The van der Waals surface area contributed by atoms with Crippen molar-refractivity contribution in [3.63, 3.8) is 0 Å². The normalized spacial score (nSPS) is 15.8. The Hall–Kier alpha value is -2.70. The molecule has 1 aliphatic heterocycles. The van der Waals surface area contributed by atoms with E-state index in [-0.39, 0.29) is 18.3 Å². The molecule has 4 aromatic rings. The first kappa shape index (κ1) is 28.3. The SMILES string of the molecule is CN(C[C@H](CCN1CCC(c2ccccc2)CC1)c1ccc2ccccc2c1)S(=O)(=O)c1ccccc1.Cl. The first-order valence-electron chi connectivity index (χ1n) is 13.3. The average Bonchev–Trinajstić information content (AvgIpc) is 2.96. The number of likely N-dealkylation sites (N-methyl/N-ethyl adjacent to an activating group) is 1. The van der Waals surface area contributed by atoms with Gasteiger partial charge in [0.25, 0.3) is 0 Å². The molecule has 38 heavy (non-hydrogen) atoms. The van der Waals surface area contributed by atoms with Crippen LogP contribution in [0.2, 0.25) is 0 Å². The van der Waals surface area contributed by atoms with Gasteiger partial charge in [-0.25, -0.2) is 12.7 Å². The average molecular weight is 549 g/mol. The topological polar surface area (TPSA) is 40.6 Å². The van der Waals surface area contributed by atoms with E-state index < -0.39 is 10.0 Å². The molecule has 1 atom stereocenters. The third kappa shape index (κ3) is 6.65. The fourth-order valence-corrected chi connectivity index (χ4v) is 6.80.